The van der Waals surface area contributed by atoms with Crippen LogP contribution in [0.5, 0.6) is 0 Å². The van der Waals surface area contributed by atoms with E-state index in [1.54, 1.807) is 30.4 Å². The molecule has 0 aliphatic heterocycles. The molecule has 0 fully saturated rings. The van der Waals surface area contributed by atoms with E-state index in [0.29, 0.717) is 11.3 Å². The van der Waals surface area contributed by atoms with Crippen LogP contribution < -0.4 is 5.73 Å². The number of nitrogens with two attached hydrogens (primary N) is 1. The molecule has 0 amide bonds. The first kappa shape index (κ1) is 11.2. The van der Waals surface area contributed by atoms with Gasteiger partial charge in [-0.1, -0.05) is 50.6 Å². The van der Waals surface area contributed by atoms with Gasteiger partial charge < -0.3 is 5.73 Å². The molecule has 0 aliphatic carbocycles. The van der Waals surface area contributed by atoms with Crippen molar-refractivity contribution >= 4 is 0 Å². The minimum Gasteiger partial charge on any atom is -0.398 e. The van der Waals surface area contributed by atoms with Gasteiger partial charge in [0.15, 0.2) is 0 Å². The molecule has 0 spiro atoms. The number of hydrogen-bond acceptors (Lipinski definition) is 1. The van der Waals surface area contributed by atoms with Gasteiger partial charge in [-0.25, -0.2) is 0 Å². The highest BCUT2D eigenvalue weighted by Crippen LogP contribution is 2.12. The summed E-state index contributed by atoms with van der Waals surface area (Å²) in [4.78, 5) is 0. The topological polar surface area (TPSA) is 26.0 Å². The van der Waals surface area contributed by atoms with Gasteiger partial charge in [-0.15, -0.1) is 0 Å². The molecule has 0 aromatic heterocycles. The summed E-state index contributed by atoms with van der Waals surface area (Å²) in [5.41, 5.74) is 7.73. The van der Waals surface area contributed by atoms with Crippen molar-refractivity contribution < 1.29 is 0 Å². The Labute approximate surface area is 80.0 Å². The maximum Gasteiger partial charge on any atom is 0.0387 e. The minimum atomic E-state index is 0.578. The maximum absolute atomic E-state index is 5.67. The van der Waals surface area contributed by atoms with Crippen LogP contribution in [0.1, 0.15) is 0 Å². The molecule has 0 saturated carbocycles. The second-order valence-corrected chi connectivity index (χ2v) is 2.46. The molecule has 68 valence electrons. The zero-order chi connectivity index (χ0) is 10.3. The largest absolute Gasteiger partial charge is 0.398 e. The Morgan fingerprint density at radius 3 is 2.15 bits per heavy atom. The van der Waals surface area contributed by atoms with Crippen LogP contribution >= 0.6 is 0 Å². The molecule has 0 bridgehead atoms. The first-order valence-corrected chi connectivity index (χ1v) is 3.89. The molecule has 0 unspecified atom stereocenters. The lowest BCUT2D eigenvalue weighted by atomic mass is 10.1. The lowest BCUT2D eigenvalue weighted by Crippen LogP contribution is -2.00. The van der Waals surface area contributed by atoms with Crippen molar-refractivity contribution in [3.63, 3.8) is 0 Å². The first-order valence-electron chi connectivity index (χ1n) is 3.89. The fraction of sp³-hybridized carbons (Fsp3) is 0. The molecule has 0 heterocycles. The van der Waals surface area contributed by atoms with Crippen molar-refractivity contribution in [2.45, 2.75) is 0 Å². The zero-order valence-corrected chi connectivity index (χ0v) is 7.79. The van der Waals surface area contributed by atoms with Gasteiger partial charge in [0.2, 0.25) is 0 Å². The Kier molecular flexibility index (Phi) is 5.05. The fourth-order valence-corrected chi connectivity index (χ4v) is 0.698. The zero-order valence-electron chi connectivity index (χ0n) is 7.79. The summed E-state index contributed by atoms with van der Waals surface area (Å²) in [5, 5.41) is 0. The smallest absolute Gasteiger partial charge is 0.0387 e. The molecule has 0 atom stereocenters. The summed E-state index contributed by atoms with van der Waals surface area (Å²) in [7, 11) is 0. The number of hydrogen-bond donors (Lipinski definition) is 1. The summed E-state index contributed by atoms with van der Waals surface area (Å²) in [6.45, 7) is 14.7. The average Bonchev–Trinajstić information content (AvgIpc) is 2.13. The molecule has 1 heteroatoms. The van der Waals surface area contributed by atoms with Crippen molar-refractivity contribution in [2.75, 3.05) is 0 Å². The predicted molar refractivity (Wildman–Crippen MR) is 60.1 cm³/mol. The SMILES string of the molecule is C=C/C=C\C(=C)C(=C)/C(N)=C\C=C. The third-order valence-corrected chi connectivity index (χ3v) is 1.47. The molecule has 0 rings (SSSR count). The molecule has 13 heavy (non-hydrogen) atoms. The molecule has 1 nitrogen and oxygen atoms in total. The minimum absolute atomic E-state index is 0.578. The summed E-state index contributed by atoms with van der Waals surface area (Å²) in [5.74, 6) is 0. The van der Waals surface area contributed by atoms with Gasteiger partial charge in [0.25, 0.3) is 0 Å². The fourth-order valence-electron chi connectivity index (χ4n) is 0.698. The van der Waals surface area contributed by atoms with E-state index < -0.39 is 0 Å². The van der Waals surface area contributed by atoms with E-state index in [1.807, 2.05) is 0 Å². The van der Waals surface area contributed by atoms with E-state index >= 15 is 0 Å². The Bertz CT molecular complexity index is 290. The molecule has 0 aliphatic rings. The van der Waals surface area contributed by atoms with Crippen LogP contribution in [0.4, 0.5) is 0 Å². The lowest BCUT2D eigenvalue weighted by molar-refractivity contribution is 1.33. The second-order valence-electron chi connectivity index (χ2n) is 2.46. The highest BCUT2D eigenvalue weighted by Gasteiger charge is 1.97. The van der Waals surface area contributed by atoms with E-state index in [2.05, 4.69) is 26.3 Å². The monoisotopic (exact) mass is 173 g/mol. The number of rotatable bonds is 5. The normalized spacial score (nSPS) is 11.2. The van der Waals surface area contributed by atoms with Gasteiger partial charge >= 0.3 is 0 Å². The Balaban J connectivity index is 4.52. The van der Waals surface area contributed by atoms with Gasteiger partial charge in [-0.3, -0.25) is 0 Å². The van der Waals surface area contributed by atoms with Gasteiger partial charge in [0.05, 0.1) is 0 Å². The van der Waals surface area contributed by atoms with Gasteiger partial charge in [0.1, 0.15) is 0 Å². The van der Waals surface area contributed by atoms with E-state index in [0.717, 1.165) is 5.57 Å². The quantitative estimate of drug-likeness (QED) is 0.636. The second kappa shape index (κ2) is 5.84. The molecular formula is C12H15N. The van der Waals surface area contributed by atoms with Crippen molar-refractivity contribution in [1.29, 1.82) is 0 Å². The van der Waals surface area contributed by atoms with Crippen LogP contribution in [0.25, 0.3) is 0 Å². The van der Waals surface area contributed by atoms with E-state index in [4.69, 9.17) is 5.73 Å². The van der Waals surface area contributed by atoms with Crippen LogP contribution in [0.15, 0.2) is 73.5 Å². The Morgan fingerprint density at radius 2 is 1.69 bits per heavy atom. The predicted octanol–water partition coefficient (Wildman–Crippen LogP) is 2.87. The molecule has 0 aromatic rings. The van der Waals surface area contributed by atoms with Crippen LogP contribution in [0.2, 0.25) is 0 Å². The third-order valence-electron chi connectivity index (χ3n) is 1.47. The van der Waals surface area contributed by atoms with Gasteiger partial charge in [-0.2, -0.15) is 0 Å². The molecule has 0 radical (unpaired) electrons. The molecule has 2 N–H and O–H groups in total. The van der Waals surface area contributed by atoms with Crippen molar-refractivity contribution in [1.82, 2.24) is 0 Å². The standard InChI is InChI=1S/C12H15N/c1-5-7-9-10(3)11(4)12(13)8-6-2/h5-9H,1-4,13H2/b9-7-,12-8+. The van der Waals surface area contributed by atoms with Crippen molar-refractivity contribution in [2.24, 2.45) is 5.73 Å². The van der Waals surface area contributed by atoms with E-state index in [1.165, 1.54) is 0 Å². The van der Waals surface area contributed by atoms with E-state index in [-0.39, 0.29) is 0 Å². The molecular weight excluding hydrogens is 158 g/mol. The summed E-state index contributed by atoms with van der Waals surface area (Å²) in [6.07, 6.45) is 8.57. The van der Waals surface area contributed by atoms with Gasteiger partial charge in [-0.05, 0) is 17.2 Å². The van der Waals surface area contributed by atoms with Crippen LogP contribution in [-0.4, -0.2) is 0 Å². The highest BCUT2D eigenvalue weighted by atomic mass is 14.6. The summed E-state index contributed by atoms with van der Waals surface area (Å²) >= 11 is 0. The van der Waals surface area contributed by atoms with Crippen molar-refractivity contribution in [3.8, 4) is 0 Å². The summed E-state index contributed by atoms with van der Waals surface area (Å²) < 4.78 is 0. The Morgan fingerprint density at radius 1 is 1.08 bits per heavy atom. The third kappa shape index (κ3) is 3.97. The van der Waals surface area contributed by atoms with E-state index in [9.17, 15) is 0 Å². The maximum atomic E-state index is 5.67. The number of allylic oxidation sites excluding steroid dienone is 6. The molecule has 0 aromatic carbocycles. The van der Waals surface area contributed by atoms with Crippen molar-refractivity contribution in [3.05, 3.63) is 73.5 Å². The summed E-state index contributed by atoms with van der Waals surface area (Å²) in [6, 6.07) is 0. The molecule has 0 saturated heterocycles. The van der Waals surface area contributed by atoms with Gasteiger partial charge in [0, 0.05) is 5.70 Å². The van der Waals surface area contributed by atoms with Crippen LogP contribution in [-0.2, 0) is 0 Å². The lowest BCUT2D eigenvalue weighted by Gasteiger charge is -2.04. The van der Waals surface area contributed by atoms with Crippen LogP contribution in [0, 0.1) is 0 Å². The highest BCUT2D eigenvalue weighted by molar-refractivity contribution is 5.48. The Hall–Kier alpha value is -1.76. The average molecular weight is 173 g/mol. The van der Waals surface area contributed by atoms with Crippen LogP contribution in [0.3, 0.4) is 0 Å². The first-order chi connectivity index (χ1) is 6.13.